The van der Waals surface area contributed by atoms with Gasteiger partial charge in [-0.15, -0.1) is 0 Å². The van der Waals surface area contributed by atoms with Crippen LogP contribution in [-0.4, -0.2) is 80.7 Å². The van der Waals surface area contributed by atoms with Crippen LogP contribution in [0.4, 0.5) is 0 Å². The van der Waals surface area contributed by atoms with Crippen molar-refractivity contribution >= 4 is 5.91 Å². The molecule has 7 nitrogen and oxygen atoms in total. The second kappa shape index (κ2) is 10.6. The van der Waals surface area contributed by atoms with Crippen LogP contribution in [0.3, 0.4) is 0 Å². The van der Waals surface area contributed by atoms with Gasteiger partial charge in [-0.05, 0) is 43.7 Å². The van der Waals surface area contributed by atoms with Crippen LogP contribution in [0.2, 0.25) is 0 Å². The Bertz CT molecular complexity index is 683. The number of carbonyl (C=O) groups is 1. The van der Waals surface area contributed by atoms with Crippen LogP contribution in [-0.2, 0) is 14.3 Å². The first-order chi connectivity index (χ1) is 14.1. The molecule has 0 bridgehead atoms. The Labute approximate surface area is 172 Å². The molecule has 1 amide bonds. The minimum Gasteiger partial charge on any atom is -0.497 e. The number of amides is 1. The van der Waals surface area contributed by atoms with Gasteiger partial charge in [-0.25, -0.2) is 0 Å². The van der Waals surface area contributed by atoms with Crippen LogP contribution >= 0.6 is 0 Å². The Kier molecular flexibility index (Phi) is 7.91. The molecular weight excluding hydrogens is 372 g/mol. The molecule has 0 saturated carbocycles. The highest BCUT2D eigenvalue weighted by atomic mass is 16.7. The van der Waals surface area contributed by atoms with Crippen molar-refractivity contribution in [3.63, 3.8) is 0 Å². The number of methoxy groups -OCH3 is 1. The highest BCUT2D eigenvalue weighted by Crippen LogP contribution is 2.33. The molecule has 1 fully saturated rings. The van der Waals surface area contributed by atoms with Crippen molar-refractivity contribution < 1.29 is 24.1 Å². The van der Waals surface area contributed by atoms with Gasteiger partial charge < -0.3 is 29.1 Å². The molecule has 160 valence electrons. The van der Waals surface area contributed by atoms with Gasteiger partial charge in [0.2, 0.25) is 6.29 Å². The van der Waals surface area contributed by atoms with E-state index >= 15 is 0 Å². The SMILES string of the molecule is COc1ccc([C@H]2C=C(C(=O)N3CCN(C)CC3)O[C@@H](OCCCCO)C2)cc1. The fourth-order valence-corrected chi connectivity index (χ4v) is 3.59. The zero-order chi connectivity index (χ0) is 20.6. The molecule has 0 aliphatic carbocycles. The van der Waals surface area contributed by atoms with Gasteiger partial charge in [-0.1, -0.05) is 12.1 Å². The first-order valence-corrected chi connectivity index (χ1v) is 10.3. The van der Waals surface area contributed by atoms with Crippen molar-refractivity contribution in [2.75, 3.05) is 53.6 Å². The lowest BCUT2D eigenvalue weighted by Crippen LogP contribution is -2.48. The number of rotatable bonds is 8. The van der Waals surface area contributed by atoms with Crippen LogP contribution in [0.25, 0.3) is 0 Å². The summed E-state index contributed by atoms with van der Waals surface area (Å²) in [4.78, 5) is 17.1. The van der Waals surface area contributed by atoms with Gasteiger partial charge in [0.05, 0.1) is 13.7 Å². The van der Waals surface area contributed by atoms with Crippen LogP contribution in [0.1, 0.15) is 30.7 Å². The monoisotopic (exact) mass is 404 g/mol. The number of benzene rings is 1. The van der Waals surface area contributed by atoms with Crippen LogP contribution < -0.4 is 4.74 Å². The van der Waals surface area contributed by atoms with E-state index in [1.54, 1.807) is 7.11 Å². The van der Waals surface area contributed by atoms with Gasteiger partial charge in [-0.3, -0.25) is 4.79 Å². The maximum absolute atomic E-state index is 13.1. The first-order valence-electron chi connectivity index (χ1n) is 10.3. The maximum atomic E-state index is 13.1. The van der Waals surface area contributed by atoms with Gasteiger partial charge in [0.1, 0.15) is 5.75 Å². The van der Waals surface area contributed by atoms with Crippen molar-refractivity contribution in [1.29, 1.82) is 0 Å². The standard InChI is InChI=1S/C22H32N2O5/c1-23-9-11-24(12-10-23)22(26)20-15-18(17-5-7-19(27-2)8-6-17)16-21(29-20)28-14-4-3-13-25/h5-8,15,18,21,25H,3-4,9-14,16H2,1-2H3/t18-,21+/m0/s1. The number of hydrogen-bond donors (Lipinski definition) is 1. The third kappa shape index (κ3) is 5.95. The lowest BCUT2D eigenvalue weighted by molar-refractivity contribution is -0.153. The second-order valence-corrected chi connectivity index (χ2v) is 7.59. The third-order valence-corrected chi connectivity index (χ3v) is 5.46. The molecule has 1 saturated heterocycles. The molecule has 0 unspecified atom stereocenters. The predicted octanol–water partition coefficient (Wildman–Crippen LogP) is 1.97. The number of unbranched alkanes of at least 4 members (excludes halogenated alkanes) is 1. The molecule has 0 radical (unpaired) electrons. The Hall–Kier alpha value is -2.09. The lowest BCUT2D eigenvalue weighted by atomic mass is 9.92. The third-order valence-electron chi connectivity index (χ3n) is 5.46. The molecule has 7 heteroatoms. The Morgan fingerprint density at radius 2 is 1.90 bits per heavy atom. The minimum absolute atomic E-state index is 0.0314. The fourth-order valence-electron chi connectivity index (χ4n) is 3.59. The summed E-state index contributed by atoms with van der Waals surface area (Å²) in [6, 6.07) is 7.90. The summed E-state index contributed by atoms with van der Waals surface area (Å²) < 4.78 is 17.1. The quantitative estimate of drug-likeness (QED) is 0.668. The van der Waals surface area contributed by atoms with E-state index in [1.165, 1.54) is 0 Å². The molecule has 2 atom stereocenters. The summed E-state index contributed by atoms with van der Waals surface area (Å²) >= 11 is 0. The smallest absolute Gasteiger partial charge is 0.288 e. The van der Waals surface area contributed by atoms with Gasteiger partial charge in [-0.2, -0.15) is 0 Å². The Morgan fingerprint density at radius 3 is 2.55 bits per heavy atom. The molecule has 1 aromatic rings. The van der Waals surface area contributed by atoms with E-state index in [-0.39, 0.29) is 18.4 Å². The molecule has 3 rings (SSSR count). The molecule has 1 N–H and O–H groups in total. The second-order valence-electron chi connectivity index (χ2n) is 7.59. The first kappa shape index (κ1) is 21.6. The van der Waals surface area contributed by atoms with Crippen LogP contribution in [0.15, 0.2) is 36.1 Å². The number of aliphatic hydroxyl groups is 1. The van der Waals surface area contributed by atoms with Gasteiger partial charge in [0.15, 0.2) is 5.76 Å². The van der Waals surface area contributed by atoms with Crippen molar-refractivity contribution in [1.82, 2.24) is 9.80 Å². The fraction of sp³-hybridized carbons (Fsp3) is 0.591. The van der Waals surface area contributed by atoms with Crippen molar-refractivity contribution in [2.45, 2.75) is 31.5 Å². The topological polar surface area (TPSA) is 71.5 Å². The number of hydrogen-bond acceptors (Lipinski definition) is 6. The van der Waals surface area contributed by atoms with Crippen LogP contribution in [0, 0.1) is 0 Å². The van der Waals surface area contributed by atoms with Gasteiger partial charge in [0.25, 0.3) is 5.91 Å². The summed E-state index contributed by atoms with van der Waals surface area (Å²) in [5.74, 6) is 1.13. The number of piperazine rings is 1. The zero-order valence-corrected chi connectivity index (χ0v) is 17.4. The summed E-state index contributed by atoms with van der Waals surface area (Å²) in [5, 5.41) is 8.95. The molecule has 2 heterocycles. The van der Waals surface area contributed by atoms with E-state index in [1.807, 2.05) is 35.2 Å². The average Bonchev–Trinajstić information content (AvgIpc) is 2.76. The molecule has 2 aliphatic heterocycles. The summed E-state index contributed by atoms with van der Waals surface area (Å²) in [5.41, 5.74) is 1.10. The summed E-state index contributed by atoms with van der Waals surface area (Å²) in [6.07, 6.45) is 3.55. The number of allylic oxidation sites excluding steroid dienone is 1. The van der Waals surface area contributed by atoms with Crippen LogP contribution in [0.5, 0.6) is 5.75 Å². The number of carbonyl (C=O) groups excluding carboxylic acids is 1. The molecule has 0 spiro atoms. The average molecular weight is 405 g/mol. The Morgan fingerprint density at radius 1 is 1.17 bits per heavy atom. The predicted molar refractivity (Wildman–Crippen MR) is 110 cm³/mol. The van der Waals surface area contributed by atoms with E-state index < -0.39 is 6.29 Å². The van der Waals surface area contributed by atoms with Gasteiger partial charge >= 0.3 is 0 Å². The number of ether oxygens (including phenoxy) is 3. The van der Waals surface area contributed by atoms with Crippen molar-refractivity contribution in [3.05, 3.63) is 41.7 Å². The number of aliphatic hydroxyl groups excluding tert-OH is 1. The normalized spacial score (nSPS) is 22.7. The van der Waals surface area contributed by atoms with E-state index in [2.05, 4.69) is 11.9 Å². The molecule has 0 aromatic heterocycles. The zero-order valence-electron chi connectivity index (χ0n) is 17.4. The molecule has 1 aromatic carbocycles. The van der Waals surface area contributed by atoms with E-state index in [9.17, 15) is 4.79 Å². The summed E-state index contributed by atoms with van der Waals surface area (Å²) in [7, 11) is 3.71. The summed E-state index contributed by atoms with van der Waals surface area (Å²) in [6.45, 7) is 3.77. The highest BCUT2D eigenvalue weighted by Gasteiger charge is 2.31. The van der Waals surface area contributed by atoms with Crippen molar-refractivity contribution in [3.8, 4) is 5.75 Å². The van der Waals surface area contributed by atoms with E-state index in [0.29, 0.717) is 38.3 Å². The van der Waals surface area contributed by atoms with Gasteiger partial charge in [0, 0.05) is 45.1 Å². The highest BCUT2D eigenvalue weighted by molar-refractivity contribution is 5.91. The van der Waals surface area contributed by atoms with Crippen molar-refractivity contribution in [2.24, 2.45) is 0 Å². The molecule has 29 heavy (non-hydrogen) atoms. The Balaban J connectivity index is 1.73. The lowest BCUT2D eigenvalue weighted by Gasteiger charge is -2.35. The minimum atomic E-state index is -0.475. The van der Waals surface area contributed by atoms with E-state index in [0.717, 1.165) is 30.8 Å². The maximum Gasteiger partial charge on any atom is 0.288 e. The number of nitrogens with zero attached hydrogens (tertiary/aromatic N) is 2. The number of likely N-dealkylation sites (N-methyl/N-ethyl adjacent to an activating group) is 1. The largest absolute Gasteiger partial charge is 0.497 e. The van der Waals surface area contributed by atoms with E-state index in [4.69, 9.17) is 19.3 Å². The molecular formula is C22H32N2O5. The molecule has 2 aliphatic rings.